The summed E-state index contributed by atoms with van der Waals surface area (Å²) in [4.78, 5) is 25.3. The van der Waals surface area contributed by atoms with Crippen molar-refractivity contribution in [2.75, 3.05) is 13.7 Å². The summed E-state index contributed by atoms with van der Waals surface area (Å²) >= 11 is 0. The standard InChI is InChI=1S/C26H36N2O6/c1-25(2,3)34-24(31)28-26(4,5)21(23(30)32-6)27-22(29)19-13-15-20(16-14-19)33-17-9-12-18-10-7-8-11-18/h10,13-16,21,24,28,31H,7-8,11,17H2,1-6H3,(H,27,29)/t21-,24?/m1/s1. The van der Waals surface area contributed by atoms with Gasteiger partial charge in [0.25, 0.3) is 5.91 Å². The van der Waals surface area contributed by atoms with Crippen molar-refractivity contribution in [2.45, 2.75) is 77.5 Å². The van der Waals surface area contributed by atoms with Crippen molar-refractivity contribution in [1.29, 1.82) is 0 Å². The number of nitrogens with one attached hydrogen (secondary N) is 2. The molecular formula is C26H36N2O6. The second-order valence-electron chi connectivity index (χ2n) is 9.61. The maximum atomic E-state index is 12.8. The number of hydrogen-bond acceptors (Lipinski definition) is 7. The van der Waals surface area contributed by atoms with Crippen LogP contribution in [-0.4, -0.2) is 54.3 Å². The van der Waals surface area contributed by atoms with Gasteiger partial charge in [0.15, 0.2) is 0 Å². The average molecular weight is 473 g/mol. The number of rotatable bonds is 9. The predicted octanol–water partition coefficient (Wildman–Crippen LogP) is 2.91. The first-order chi connectivity index (χ1) is 15.9. The van der Waals surface area contributed by atoms with Gasteiger partial charge in [-0.3, -0.25) is 10.1 Å². The molecule has 1 unspecified atom stereocenters. The number of benzene rings is 1. The summed E-state index contributed by atoms with van der Waals surface area (Å²) in [6.07, 6.45) is 4.06. The number of carbonyl (C=O) groups is 2. The minimum atomic E-state index is -1.36. The molecular weight excluding hydrogens is 436 g/mol. The average Bonchev–Trinajstić information content (AvgIpc) is 3.26. The summed E-state index contributed by atoms with van der Waals surface area (Å²) in [6.45, 7) is 8.94. The van der Waals surface area contributed by atoms with E-state index in [2.05, 4.69) is 28.6 Å². The van der Waals surface area contributed by atoms with Crippen LogP contribution in [0.4, 0.5) is 0 Å². The molecule has 0 aliphatic heterocycles. The summed E-state index contributed by atoms with van der Waals surface area (Å²) in [6, 6.07) is 5.44. The number of aliphatic hydroxyl groups excluding tert-OH is 1. The van der Waals surface area contributed by atoms with E-state index in [0.717, 1.165) is 24.8 Å². The lowest BCUT2D eigenvalue weighted by atomic mass is 9.94. The molecule has 1 aliphatic rings. The summed E-state index contributed by atoms with van der Waals surface area (Å²) in [5, 5.41) is 15.7. The van der Waals surface area contributed by atoms with Gasteiger partial charge in [0.1, 0.15) is 18.4 Å². The third kappa shape index (κ3) is 8.82. The number of ether oxygens (including phenoxy) is 3. The van der Waals surface area contributed by atoms with Crippen LogP contribution in [0, 0.1) is 11.8 Å². The van der Waals surface area contributed by atoms with Crippen LogP contribution in [0.25, 0.3) is 0 Å². The Morgan fingerprint density at radius 1 is 1.15 bits per heavy atom. The lowest BCUT2D eigenvalue weighted by molar-refractivity contribution is -0.193. The third-order valence-corrected chi connectivity index (χ3v) is 5.11. The molecule has 0 saturated carbocycles. The molecule has 0 aromatic heterocycles. The van der Waals surface area contributed by atoms with E-state index >= 15 is 0 Å². The van der Waals surface area contributed by atoms with Crippen LogP contribution >= 0.6 is 0 Å². The number of hydrogen-bond donors (Lipinski definition) is 3. The van der Waals surface area contributed by atoms with Crippen molar-refractivity contribution < 1.29 is 28.9 Å². The Morgan fingerprint density at radius 3 is 2.38 bits per heavy atom. The van der Waals surface area contributed by atoms with Crippen LogP contribution in [0.1, 0.15) is 64.2 Å². The zero-order valence-corrected chi connectivity index (χ0v) is 20.9. The number of methoxy groups -OCH3 is 1. The zero-order chi connectivity index (χ0) is 25.4. The van der Waals surface area contributed by atoms with E-state index in [-0.39, 0.29) is 6.61 Å². The molecule has 0 spiro atoms. The Balaban J connectivity index is 2.00. The van der Waals surface area contributed by atoms with Crippen LogP contribution in [0.5, 0.6) is 5.75 Å². The van der Waals surface area contributed by atoms with E-state index in [4.69, 9.17) is 14.2 Å². The molecule has 1 aromatic rings. The molecule has 186 valence electrons. The van der Waals surface area contributed by atoms with E-state index in [1.165, 1.54) is 7.11 Å². The molecule has 1 aliphatic carbocycles. The first-order valence-electron chi connectivity index (χ1n) is 11.3. The Labute approximate surface area is 202 Å². The van der Waals surface area contributed by atoms with Crippen molar-refractivity contribution in [2.24, 2.45) is 0 Å². The molecule has 1 amide bonds. The predicted molar refractivity (Wildman–Crippen MR) is 129 cm³/mol. The van der Waals surface area contributed by atoms with Gasteiger partial charge in [-0.15, -0.1) is 0 Å². The summed E-state index contributed by atoms with van der Waals surface area (Å²) < 4.78 is 16.0. The quantitative estimate of drug-likeness (QED) is 0.288. The second-order valence-corrected chi connectivity index (χ2v) is 9.61. The highest BCUT2D eigenvalue weighted by atomic mass is 16.6. The van der Waals surface area contributed by atoms with E-state index < -0.39 is 35.5 Å². The Bertz CT molecular complexity index is 935. The van der Waals surface area contributed by atoms with Gasteiger partial charge in [-0.2, -0.15) is 0 Å². The van der Waals surface area contributed by atoms with Crippen LogP contribution in [0.15, 0.2) is 35.9 Å². The van der Waals surface area contributed by atoms with Crippen molar-refractivity contribution >= 4 is 11.9 Å². The first-order valence-corrected chi connectivity index (χ1v) is 11.3. The molecule has 2 atom stereocenters. The highest BCUT2D eigenvalue weighted by molar-refractivity contribution is 5.97. The number of allylic oxidation sites excluding steroid dienone is 2. The lowest BCUT2D eigenvalue weighted by Crippen LogP contribution is -2.64. The Hall–Kier alpha value is -2.86. The van der Waals surface area contributed by atoms with Crippen LogP contribution in [-0.2, 0) is 14.3 Å². The van der Waals surface area contributed by atoms with Crippen molar-refractivity contribution in [3.63, 3.8) is 0 Å². The molecule has 0 bridgehead atoms. The minimum Gasteiger partial charge on any atom is -0.481 e. The van der Waals surface area contributed by atoms with Crippen LogP contribution in [0.3, 0.4) is 0 Å². The normalized spacial score (nSPS) is 15.4. The van der Waals surface area contributed by atoms with Gasteiger partial charge < -0.3 is 24.6 Å². The SMILES string of the molecule is COC(=O)[C@@H](NC(=O)c1ccc(OCC#CC2=CCCC2)cc1)C(C)(C)NC(O)OC(C)(C)C. The fourth-order valence-corrected chi connectivity index (χ4v) is 3.39. The number of esters is 1. The molecule has 0 radical (unpaired) electrons. The maximum absolute atomic E-state index is 12.8. The molecule has 8 nitrogen and oxygen atoms in total. The summed E-state index contributed by atoms with van der Waals surface area (Å²) in [5.74, 6) is 5.55. The van der Waals surface area contributed by atoms with Gasteiger partial charge in [0.2, 0.25) is 6.41 Å². The van der Waals surface area contributed by atoms with E-state index in [1.54, 1.807) is 58.9 Å². The van der Waals surface area contributed by atoms with E-state index in [1.807, 2.05) is 0 Å². The van der Waals surface area contributed by atoms with Gasteiger partial charge in [-0.25, -0.2) is 4.79 Å². The summed E-state index contributed by atoms with van der Waals surface area (Å²) in [7, 11) is 1.23. The number of carbonyl (C=O) groups excluding carboxylic acids is 2. The topological polar surface area (TPSA) is 106 Å². The van der Waals surface area contributed by atoms with Gasteiger partial charge in [0.05, 0.1) is 12.7 Å². The third-order valence-electron chi connectivity index (χ3n) is 5.11. The number of amides is 1. The Kier molecular flexibility index (Phi) is 9.68. The van der Waals surface area contributed by atoms with Crippen molar-refractivity contribution in [3.05, 3.63) is 41.5 Å². The first kappa shape index (κ1) is 27.4. The lowest BCUT2D eigenvalue weighted by Gasteiger charge is -2.37. The van der Waals surface area contributed by atoms with Gasteiger partial charge in [-0.1, -0.05) is 17.9 Å². The van der Waals surface area contributed by atoms with E-state index in [0.29, 0.717) is 11.3 Å². The highest BCUT2D eigenvalue weighted by Gasteiger charge is 2.39. The second kappa shape index (κ2) is 12.0. The van der Waals surface area contributed by atoms with Crippen molar-refractivity contribution in [3.8, 4) is 17.6 Å². The number of aliphatic hydroxyl groups is 1. The molecule has 1 aromatic carbocycles. The molecule has 0 fully saturated rings. The largest absolute Gasteiger partial charge is 0.481 e. The van der Waals surface area contributed by atoms with Crippen LogP contribution in [0.2, 0.25) is 0 Å². The van der Waals surface area contributed by atoms with Crippen LogP contribution < -0.4 is 15.4 Å². The molecule has 0 heterocycles. The Morgan fingerprint density at radius 2 is 1.82 bits per heavy atom. The minimum absolute atomic E-state index is 0.256. The maximum Gasteiger partial charge on any atom is 0.330 e. The van der Waals surface area contributed by atoms with Crippen molar-refractivity contribution in [1.82, 2.24) is 10.6 Å². The van der Waals surface area contributed by atoms with E-state index in [9.17, 15) is 14.7 Å². The summed E-state index contributed by atoms with van der Waals surface area (Å²) in [5.41, 5.74) is -0.212. The molecule has 2 rings (SSSR count). The van der Waals surface area contributed by atoms with Gasteiger partial charge in [0, 0.05) is 11.1 Å². The van der Waals surface area contributed by atoms with Gasteiger partial charge >= 0.3 is 5.97 Å². The zero-order valence-electron chi connectivity index (χ0n) is 20.9. The fourth-order valence-electron chi connectivity index (χ4n) is 3.39. The molecule has 34 heavy (non-hydrogen) atoms. The molecule has 3 N–H and O–H groups in total. The monoisotopic (exact) mass is 472 g/mol. The van der Waals surface area contributed by atoms with Gasteiger partial charge in [-0.05, 0) is 83.7 Å². The highest BCUT2D eigenvalue weighted by Crippen LogP contribution is 2.18. The molecule has 0 saturated heterocycles. The fraction of sp³-hybridized carbons (Fsp3) is 0.538. The smallest absolute Gasteiger partial charge is 0.330 e. The molecule has 8 heteroatoms.